The molecule has 1 fully saturated rings. The highest BCUT2D eigenvalue weighted by Crippen LogP contribution is 2.42. The fourth-order valence-corrected chi connectivity index (χ4v) is 4.32. The fourth-order valence-electron chi connectivity index (χ4n) is 2.88. The molecule has 126 valence electrons. The highest BCUT2D eigenvalue weighted by atomic mass is 79.9. The van der Waals surface area contributed by atoms with E-state index in [4.69, 9.17) is 4.74 Å². The van der Waals surface area contributed by atoms with Crippen molar-refractivity contribution in [3.63, 3.8) is 0 Å². The van der Waals surface area contributed by atoms with E-state index < -0.39 is 8.07 Å². The summed E-state index contributed by atoms with van der Waals surface area (Å²) < 4.78 is 9.05. The Kier molecular flexibility index (Phi) is 5.02. The summed E-state index contributed by atoms with van der Waals surface area (Å²) in [5, 5.41) is 10.9. The molecule has 0 unspecified atom stereocenters. The van der Waals surface area contributed by atoms with Gasteiger partial charge in [0.2, 0.25) is 0 Å². The lowest BCUT2D eigenvalue weighted by atomic mass is 10.1. The van der Waals surface area contributed by atoms with Gasteiger partial charge in [-0.2, -0.15) is 0 Å². The van der Waals surface area contributed by atoms with Crippen molar-refractivity contribution < 1.29 is 9.84 Å². The number of aromatic nitrogens is 1. The Morgan fingerprint density at radius 2 is 2.04 bits per heavy atom. The largest absolute Gasteiger partial charge is 0.390 e. The molecule has 1 aliphatic carbocycles. The Hall–Kier alpha value is -0.623. The summed E-state index contributed by atoms with van der Waals surface area (Å²) >= 11 is 3.65. The summed E-state index contributed by atoms with van der Waals surface area (Å²) in [7, 11) is -1.07. The van der Waals surface area contributed by atoms with E-state index in [-0.39, 0.29) is 6.61 Å². The first-order valence-electron chi connectivity index (χ1n) is 8.40. The average molecular weight is 396 g/mol. The third-order valence-corrected chi connectivity index (χ3v) is 7.13. The molecule has 1 aromatic carbocycles. The van der Waals surface area contributed by atoms with Crippen LogP contribution in [0.1, 0.15) is 30.0 Å². The summed E-state index contributed by atoms with van der Waals surface area (Å²) in [6, 6.07) is 7.83. The number of nitrogens with zero attached hydrogens (tertiary/aromatic N) is 1. The quantitative estimate of drug-likeness (QED) is 0.523. The molecule has 3 rings (SSSR count). The Morgan fingerprint density at radius 1 is 1.30 bits per heavy atom. The number of aliphatic hydroxyl groups is 1. The van der Waals surface area contributed by atoms with Crippen LogP contribution in [0.5, 0.6) is 0 Å². The van der Waals surface area contributed by atoms with Crippen molar-refractivity contribution in [1.82, 2.24) is 4.57 Å². The van der Waals surface area contributed by atoms with Gasteiger partial charge in [0.05, 0.1) is 17.8 Å². The number of hydrogen-bond donors (Lipinski definition) is 1. The molecule has 3 nitrogen and oxygen atoms in total. The molecular formula is C18H26BrNO2Si. The maximum atomic E-state index is 9.78. The van der Waals surface area contributed by atoms with Crippen LogP contribution in [0.15, 0.2) is 22.7 Å². The molecule has 0 aliphatic heterocycles. The van der Waals surface area contributed by atoms with Gasteiger partial charge < -0.3 is 14.4 Å². The van der Waals surface area contributed by atoms with E-state index in [2.05, 4.69) is 58.3 Å². The lowest BCUT2D eigenvalue weighted by molar-refractivity contribution is 0.0852. The lowest BCUT2D eigenvalue weighted by Crippen LogP contribution is -2.22. The summed E-state index contributed by atoms with van der Waals surface area (Å²) in [6.45, 7) is 8.40. The second-order valence-electron chi connectivity index (χ2n) is 7.75. The molecule has 0 bridgehead atoms. The number of benzene rings is 1. The third-order valence-electron chi connectivity index (χ3n) is 4.54. The van der Waals surface area contributed by atoms with Crippen LogP contribution in [0.3, 0.4) is 0 Å². The second-order valence-corrected chi connectivity index (χ2v) is 14.2. The predicted octanol–water partition coefficient (Wildman–Crippen LogP) is 5.09. The predicted molar refractivity (Wildman–Crippen MR) is 102 cm³/mol. The van der Waals surface area contributed by atoms with Crippen molar-refractivity contribution in [3.8, 4) is 0 Å². The molecule has 2 aromatic rings. The van der Waals surface area contributed by atoms with E-state index in [1.54, 1.807) is 0 Å². The van der Waals surface area contributed by atoms with Crippen molar-refractivity contribution in [2.75, 3.05) is 6.61 Å². The summed E-state index contributed by atoms with van der Waals surface area (Å²) in [5.41, 5.74) is 3.48. The maximum absolute atomic E-state index is 9.78. The summed E-state index contributed by atoms with van der Waals surface area (Å²) in [5.74, 6) is 0.729. The minimum absolute atomic E-state index is 0.0193. The SMILES string of the molecule is C[Si](C)(C)CCOCn1c(CO)c(Br)c2ccc(C3CC3)cc21. The monoisotopic (exact) mass is 395 g/mol. The molecule has 0 atom stereocenters. The van der Waals surface area contributed by atoms with Crippen LogP contribution in [0.4, 0.5) is 0 Å². The van der Waals surface area contributed by atoms with Gasteiger partial charge >= 0.3 is 0 Å². The van der Waals surface area contributed by atoms with Gasteiger partial charge in [-0.15, -0.1) is 0 Å². The standard InChI is InChI=1S/C18H26BrNO2Si/c1-23(2,3)9-8-22-12-20-16-10-14(13-4-5-13)6-7-15(16)18(19)17(20)11-21/h6-7,10,13,21H,4-5,8-9,11-12H2,1-3H3. The van der Waals surface area contributed by atoms with Crippen LogP contribution in [0.25, 0.3) is 10.9 Å². The van der Waals surface area contributed by atoms with Crippen molar-refractivity contribution >= 4 is 34.9 Å². The first kappa shape index (κ1) is 17.2. The average Bonchev–Trinajstić information content (AvgIpc) is 3.29. The highest BCUT2D eigenvalue weighted by Gasteiger charge is 2.25. The van der Waals surface area contributed by atoms with Gasteiger partial charge in [-0.05, 0) is 52.4 Å². The Balaban J connectivity index is 1.85. The number of aliphatic hydroxyl groups excluding tert-OH is 1. The van der Waals surface area contributed by atoms with Crippen molar-refractivity contribution in [3.05, 3.63) is 33.9 Å². The molecule has 23 heavy (non-hydrogen) atoms. The summed E-state index contributed by atoms with van der Waals surface area (Å²) in [4.78, 5) is 0. The highest BCUT2D eigenvalue weighted by molar-refractivity contribution is 9.10. The zero-order valence-corrected chi connectivity index (χ0v) is 16.8. The number of halogens is 1. The molecule has 1 saturated carbocycles. The minimum Gasteiger partial charge on any atom is -0.390 e. The van der Waals surface area contributed by atoms with Crippen LogP contribution in [0.2, 0.25) is 25.7 Å². The van der Waals surface area contributed by atoms with E-state index in [9.17, 15) is 5.11 Å². The molecule has 1 N–H and O–H groups in total. The van der Waals surface area contributed by atoms with E-state index in [0.717, 1.165) is 34.1 Å². The van der Waals surface area contributed by atoms with Gasteiger partial charge in [0, 0.05) is 24.5 Å². The second kappa shape index (κ2) is 6.71. The van der Waals surface area contributed by atoms with Crippen LogP contribution in [-0.2, 0) is 18.1 Å². The topological polar surface area (TPSA) is 34.4 Å². The Bertz CT molecular complexity index is 701. The number of ether oxygens (including phenoxy) is 1. The van der Waals surface area contributed by atoms with Crippen molar-refractivity contribution in [2.45, 2.75) is 57.8 Å². The maximum Gasteiger partial charge on any atom is 0.123 e. The van der Waals surface area contributed by atoms with E-state index >= 15 is 0 Å². The number of rotatable bonds is 7. The van der Waals surface area contributed by atoms with Crippen LogP contribution < -0.4 is 0 Å². The van der Waals surface area contributed by atoms with Crippen LogP contribution in [0, 0.1) is 0 Å². The zero-order chi connectivity index (χ0) is 16.6. The van der Waals surface area contributed by atoms with E-state index in [1.165, 1.54) is 23.9 Å². The van der Waals surface area contributed by atoms with Gasteiger partial charge in [0.25, 0.3) is 0 Å². The molecule has 1 aliphatic rings. The molecule has 0 amide bonds. The van der Waals surface area contributed by atoms with Crippen molar-refractivity contribution in [1.29, 1.82) is 0 Å². The van der Waals surface area contributed by atoms with Crippen LogP contribution >= 0.6 is 15.9 Å². The van der Waals surface area contributed by atoms with Crippen LogP contribution in [-0.4, -0.2) is 24.4 Å². The minimum atomic E-state index is -1.07. The van der Waals surface area contributed by atoms with E-state index in [1.807, 2.05) is 0 Å². The smallest absolute Gasteiger partial charge is 0.123 e. The molecule has 1 heterocycles. The molecule has 5 heteroatoms. The summed E-state index contributed by atoms with van der Waals surface area (Å²) in [6.07, 6.45) is 2.60. The van der Waals surface area contributed by atoms with Gasteiger partial charge in [0.1, 0.15) is 6.73 Å². The zero-order valence-electron chi connectivity index (χ0n) is 14.2. The normalized spacial score (nSPS) is 15.5. The molecule has 1 aromatic heterocycles. The molecule has 0 radical (unpaired) electrons. The van der Waals surface area contributed by atoms with Crippen molar-refractivity contribution in [2.24, 2.45) is 0 Å². The lowest BCUT2D eigenvalue weighted by Gasteiger charge is -2.16. The molecule has 0 spiro atoms. The van der Waals surface area contributed by atoms with E-state index in [0.29, 0.717) is 6.73 Å². The first-order chi connectivity index (χ1) is 10.9. The van der Waals surface area contributed by atoms with Gasteiger partial charge in [-0.1, -0.05) is 31.8 Å². The number of hydrogen-bond acceptors (Lipinski definition) is 2. The fraction of sp³-hybridized carbons (Fsp3) is 0.556. The van der Waals surface area contributed by atoms with Gasteiger partial charge in [-0.3, -0.25) is 0 Å². The number of fused-ring (bicyclic) bond motifs is 1. The molecule has 0 saturated heterocycles. The van der Waals surface area contributed by atoms with Gasteiger partial charge in [-0.25, -0.2) is 0 Å². The Morgan fingerprint density at radius 3 is 2.65 bits per heavy atom. The first-order valence-corrected chi connectivity index (χ1v) is 12.9. The van der Waals surface area contributed by atoms with Gasteiger partial charge in [0.15, 0.2) is 0 Å². The Labute approximate surface area is 147 Å². The molecular weight excluding hydrogens is 370 g/mol. The third kappa shape index (κ3) is 3.90.